The second kappa shape index (κ2) is 3.75. The highest BCUT2D eigenvalue weighted by Gasteiger charge is 2.32. The summed E-state index contributed by atoms with van der Waals surface area (Å²) in [6, 6.07) is 0. The molecule has 0 aromatic rings. The molecule has 0 amide bonds. The van der Waals surface area contributed by atoms with Gasteiger partial charge in [-0.3, -0.25) is 0 Å². The van der Waals surface area contributed by atoms with Crippen LogP contribution in [0.5, 0.6) is 0 Å². The van der Waals surface area contributed by atoms with Crippen molar-refractivity contribution in [1.82, 2.24) is 0 Å². The Hall–Kier alpha value is -0.0800. The zero-order valence-corrected chi connectivity index (χ0v) is 7.79. The van der Waals surface area contributed by atoms with E-state index in [1.54, 1.807) is 0 Å². The third-order valence-electron chi connectivity index (χ3n) is 3.22. The summed E-state index contributed by atoms with van der Waals surface area (Å²) in [5.41, 5.74) is 0. The Morgan fingerprint density at radius 1 is 1.08 bits per heavy atom. The smallest absolute Gasteiger partial charge is 0.0501 e. The van der Waals surface area contributed by atoms with Gasteiger partial charge in [0, 0.05) is 19.8 Å². The lowest BCUT2D eigenvalue weighted by Crippen LogP contribution is -2.28. The van der Waals surface area contributed by atoms with Crippen LogP contribution in [0.1, 0.15) is 19.8 Å². The summed E-state index contributed by atoms with van der Waals surface area (Å²) in [4.78, 5) is 0. The van der Waals surface area contributed by atoms with Crippen molar-refractivity contribution in [3.8, 4) is 0 Å². The van der Waals surface area contributed by atoms with E-state index in [9.17, 15) is 0 Å². The highest BCUT2D eigenvalue weighted by atomic mass is 16.5. The van der Waals surface area contributed by atoms with Gasteiger partial charge < -0.3 is 9.47 Å². The Bertz CT molecular complexity index is 141. The minimum absolute atomic E-state index is 0.747. The van der Waals surface area contributed by atoms with Crippen molar-refractivity contribution < 1.29 is 9.47 Å². The molecule has 0 aromatic heterocycles. The molecule has 0 bridgehead atoms. The summed E-state index contributed by atoms with van der Waals surface area (Å²) in [5.74, 6) is 2.29. The molecule has 2 saturated heterocycles. The van der Waals surface area contributed by atoms with Gasteiger partial charge in [-0.15, -0.1) is 0 Å². The summed E-state index contributed by atoms with van der Waals surface area (Å²) < 4.78 is 11.0. The van der Waals surface area contributed by atoms with Gasteiger partial charge in [0.15, 0.2) is 0 Å². The molecule has 0 N–H and O–H groups in total. The molecule has 0 radical (unpaired) electrons. The lowest BCUT2D eigenvalue weighted by molar-refractivity contribution is 0.0226. The molecule has 2 heterocycles. The van der Waals surface area contributed by atoms with Crippen molar-refractivity contribution in [3.05, 3.63) is 0 Å². The predicted octanol–water partition coefficient (Wildman–Crippen LogP) is 1.70. The van der Waals surface area contributed by atoms with E-state index >= 15 is 0 Å². The fourth-order valence-corrected chi connectivity index (χ4v) is 2.38. The highest BCUT2D eigenvalue weighted by Crippen LogP contribution is 2.32. The first-order valence-corrected chi connectivity index (χ1v) is 5.03. The molecule has 2 aliphatic rings. The van der Waals surface area contributed by atoms with Crippen LogP contribution < -0.4 is 0 Å². The van der Waals surface area contributed by atoms with E-state index < -0.39 is 0 Å². The zero-order chi connectivity index (χ0) is 8.39. The van der Waals surface area contributed by atoms with Crippen LogP contribution in [0.2, 0.25) is 0 Å². The van der Waals surface area contributed by atoms with E-state index in [2.05, 4.69) is 6.92 Å². The van der Waals surface area contributed by atoms with Gasteiger partial charge in [0.2, 0.25) is 0 Å². The summed E-state index contributed by atoms with van der Waals surface area (Å²) in [5, 5.41) is 0. The summed E-state index contributed by atoms with van der Waals surface area (Å²) in [6.45, 7) is 6.17. The quantitative estimate of drug-likeness (QED) is 0.596. The second-order valence-electron chi connectivity index (χ2n) is 4.16. The van der Waals surface area contributed by atoms with Crippen molar-refractivity contribution >= 4 is 0 Å². The van der Waals surface area contributed by atoms with Crippen molar-refractivity contribution in [2.75, 3.05) is 26.4 Å². The summed E-state index contributed by atoms with van der Waals surface area (Å²) in [7, 11) is 0. The van der Waals surface area contributed by atoms with E-state index in [-0.39, 0.29) is 0 Å². The van der Waals surface area contributed by atoms with Crippen LogP contribution in [-0.2, 0) is 9.47 Å². The van der Waals surface area contributed by atoms with Crippen LogP contribution in [0.15, 0.2) is 0 Å². The lowest BCUT2D eigenvalue weighted by Gasteiger charge is -2.28. The molecule has 0 aliphatic carbocycles. The normalized spacial score (nSPS) is 43.2. The summed E-state index contributed by atoms with van der Waals surface area (Å²) in [6.07, 6.45) is 2.59. The average Bonchev–Trinajstić information content (AvgIpc) is 2.53. The van der Waals surface area contributed by atoms with Crippen molar-refractivity contribution in [2.45, 2.75) is 19.8 Å². The van der Waals surface area contributed by atoms with Crippen LogP contribution in [0.4, 0.5) is 0 Å². The molecule has 0 saturated carbocycles. The number of hydrogen-bond acceptors (Lipinski definition) is 2. The second-order valence-corrected chi connectivity index (χ2v) is 4.16. The van der Waals surface area contributed by atoms with E-state index in [0.717, 1.165) is 44.2 Å². The maximum atomic E-state index is 5.49. The standard InChI is InChI=1S/C10H18O2/c1-8-5-12-7-10(8)9-3-2-4-11-6-9/h8-10H,2-7H2,1H3. The lowest BCUT2D eigenvalue weighted by atomic mass is 9.82. The van der Waals surface area contributed by atoms with Gasteiger partial charge in [-0.25, -0.2) is 0 Å². The third-order valence-corrected chi connectivity index (χ3v) is 3.22. The van der Waals surface area contributed by atoms with Gasteiger partial charge in [-0.2, -0.15) is 0 Å². The van der Waals surface area contributed by atoms with Crippen LogP contribution in [0, 0.1) is 17.8 Å². The molecule has 2 rings (SSSR count). The molecule has 2 heteroatoms. The van der Waals surface area contributed by atoms with E-state index in [4.69, 9.17) is 9.47 Å². The first-order valence-electron chi connectivity index (χ1n) is 5.03. The van der Waals surface area contributed by atoms with Gasteiger partial charge in [-0.1, -0.05) is 6.92 Å². The van der Waals surface area contributed by atoms with Crippen molar-refractivity contribution in [3.63, 3.8) is 0 Å². The number of hydrogen-bond donors (Lipinski definition) is 0. The van der Waals surface area contributed by atoms with Crippen LogP contribution in [0.3, 0.4) is 0 Å². The number of ether oxygens (including phenoxy) is 2. The average molecular weight is 170 g/mol. The first-order chi connectivity index (χ1) is 5.88. The molecule has 70 valence electrons. The van der Waals surface area contributed by atoms with E-state index in [1.165, 1.54) is 12.8 Å². The molecule has 0 spiro atoms. The highest BCUT2D eigenvalue weighted by molar-refractivity contribution is 4.80. The molecule has 2 fully saturated rings. The molecule has 3 atom stereocenters. The Kier molecular flexibility index (Phi) is 2.66. The maximum Gasteiger partial charge on any atom is 0.0501 e. The van der Waals surface area contributed by atoms with Gasteiger partial charge in [0.1, 0.15) is 0 Å². The molecular formula is C10H18O2. The van der Waals surface area contributed by atoms with Crippen LogP contribution in [0.25, 0.3) is 0 Å². The van der Waals surface area contributed by atoms with Crippen LogP contribution >= 0.6 is 0 Å². The molecule has 0 aromatic carbocycles. The zero-order valence-electron chi connectivity index (χ0n) is 7.79. The maximum absolute atomic E-state index is 5.49. The van der Waals surface area contributed by atoms with E-state index in [1.807, 2.05) is 0 Å². The Labute approximate surface area is 74.2 Å². The Morgan fingerprint density at radius 2 is 2.00 bits per heavy atom. The Morgan fingerprint density at radius 3 is 2.58 bits per heavy atom. The first kappa shape index (κ1) is 8.52. The van der Waals surface area contributed by atoms with E-state index in [0.29, 0.717) is 0 Å². The molecule has 12 heavy (non-hydrogen) atoms. The SMILES string of the molecule is CC1COCC1C1CCCOC1. The van der Waals surface area contributed by atoms with Gasteiger partial charge >= 0.3 is 0 Å². The van der Waals surface area contributed by atoms with Crippen molar-refractivity contribution in [1.29, 1.82) is 0 Å². The minimum Gasteiger partial charge on any atom is -0.381 e. The monoisotopic (exact) mass is 170 g/mol. The van der Waals surface area contributed by atoms with Gasteiger partial charge in [0.25, 0.3) is 0 Å². The number of rotatable bonds is 1. The van der Waals surface area contributed by atoms with Crippen molar-refractivity contribution in [2.24, 2.45) is 17.8 Å². The molecular weight excluding hydrogens is 152 g/mol. The van der Waals surface area contributed by atoms with Gasteiger partial charge in [-0.05, 0) is 30.6 Å². The fourth-order valence-electron chi connectivity index (χ4n) is 2.38. The van der Waals surface area contributed by atoms with Gasteiger partial charge in [0.05, 0.1) is 6.61 Å². The predicted molar refractivity (Wildman–Crippen MR) is 47.0 cm³/mol. The van der Waals surface area contributed by atoms with Crippen LogP contribution in [-0.4, -0.2) is 26.4 Å². The minimum atomic E-state index is 0.747. The molecule has 3 unspecified atom stereocenters. The Balaban J connectivity index is 1.89. The molecule has 2 aliphatic heterocycles. The largest absolute Gasteiger partial charge is 0.381 e. The topological polar surface area (TPSA) is 18.5 Å². The fraction of sp³-hybridized carbons (Fsp3) is 1.00. The molecule has 2 nitrogen and oxygen atoms in total. The summed E-state index contributed by atoms with van der Waals surface area (Å²) >= 11 is 0. The third kappa shape index (κ3) is 1.64.